The van der Waals surface area contributed by atoms with Crippen LogP contribution < -0.4 is 9.96 Å². The van der Waals surface area contributed by atoms with Crippen LogP contribution in [0.5, 0.6) is 0 Å². The Labute approximate surface area is 177 Å². The summed E-state index contributed by atoms with van der Waals surface area (Å²) in [6.45, 7) is 4.78. The Kier molecular flexibility index (Phi) is 6.89. The van der Waals surface area contributed by atoms with E-state index in [0.717, 1.165) is 17.7 Å². The fraction of sp³-hybridized carbons (Fsp3) is 0.261. The minimum Gasteiger partial charge on any atom is -0.392 e. The van der Waals surface area contributed by atoms with E-state index >= 15 is 0 Å². The lowest BCUT2D eigenvalue weighted by molar-refractivity contribution is -0.531. The highest BCUT2D eigenvalue weighted by Gasteiger charge is 2.31. The maximum atomic E-state index is 13.1. The number of rotatable bonds is 7. The summed E-state index contributed by atoms with van der Waals surface area (Å²) in [6.07, 6.45) is 2.75. The van der Waals surface area contributed by atoms with Crippen LogP contribution in [0.2, 0.25) is 0 Å². The molecule has 0 saturated carbocycles. The lowest BCUT2D eigenvalue weighted by Gasteiger charge is -2.09. The van der Waals surface area contributed by atoms with Crippen LogP contribution in [0.4, 0.5) is 13.2 Å². The van der Waals surface area contributed by atoms with E-state index in [1.54, 1.807) is 36.8 Å². The van der Waals surface area contributed by atoms with Gasteiger partial charge in [-0.3, -0.25) is 0 Å². The van der Waals surface area contributed by atoms with Crippen molar-refractivity contribution < 1.29 is 22.4 Å². The molecule has 8 heteroatoms. The SMILES string of the molecule is CC(C)=CCO/N=C\CCn1cc(-c2cccc(C(F)(F)F)c2)c(=O)[n+]2ccccc12. The molecule has 0 radical (unpaired) electrons. The van der Waals surface area contributed by atoms with Crippen molar-refractivity contribution in [3.05, 3.63) is 82.4 Å². The topological polar surface area (TPSA) is 47.7 Å². The number of halogens is 3. The Morgan fingerprint density at radius 2 is 2.00 bits per heavy atom. The summed E-state index contributed by atoms with van der Waals surface area (Å²) in [6, 6.07) is 10.1. The average molecular weight is 430 g/mol. The smallest absolute Gasteiger partial charge is 0.392 e. The number of benzene rings is 1. The quantitative estimate of drug-likeness (QED) is 0.180. The zero-order valence-electron chi connectivity index (χ0n) is 17.3. The number of hydrogen-bond acceptors (Lipinski definition) is 3. The van der Waals surface area contributed by atoms with Gasteiger partial charge in [0.15, 0.2) is 0 Å². The summed E-state index contributed by atoms with van der Waals surface area (Å²) in [5.74, 6) is 0. The molecule has 3 rings (SSSR count). The van der Waals surface area contributed by atoms with Crippen LogP contribution in [0.3, 0.4) is 0 Å². The number of nitrogens with zero attached hydrogens (tertiary/aromatic N) is 3. The molecule has 0 N–H and O–H groups in total. The average Bonchev–Trinajstić information content (AvgIpc) is 2.74. The second kappa shape index (κ2) is 9.59. The molecule has 0 aliphatic rings. The predicted molar refractivity (Wildman–Crippen MR) is 113 cm³/mol. The molecule has 0 atom stereocenters. The summed E-state index contributed by atoms with van der Waals surface area (Å²) >= 11 is 0. The van der Waals surface area contributed by atoms with Gasteiger partial charge in [-0.05, 0) is 43.7 Å². The molecular formula is C23H23F3N3O2+. The first kappa shape index (κ1) is 22.3. The van der Waals surface area contributed by atoms with Crippen LogP contribution in [-0.2, 0) is 17.6 Å². The van der Waals surface area contributed by atoms with Crippen molar-refractivity contribution >= 4 is 11.9 Å². The zero-order valence-corrected chi connectivity index (χ0v) is 17.3. The van der Waals surface area contributed by atoms with E-state index < -0.39 is 11.7 Å². The highest BCUT2D eigenvalue weighted by Crippen LogP contribution is 2.31. The van der Waals surface area contributed by atoms with Gasteiger partial charge < -0.3 is 4.84 Å². The molecule has 0 bridgehead atoms. The minimum atomic E-state index is -4.49. The molecule has 0 fully saturated rings. The molecule has 0 aliphatic heterocycles. The number of alkyl halides is 3. The number of fused-ring (bicyclic) bond motifs is 1. The van der Waals surface area contributed by atoms with Crippen LogP contribution in [0.25, 0.3) is 16.8 Å². The van der Waals surface area contributed by atoms with Crippen LogP contribution in [0.15, 0.2) is 76.5 Å². The van der Waals surface area contributed by atoms with Gasteiger partial charge in [0.25, 0.3) is 5.65 Å². The molecule has 5 nitrogen and oxygen atoms in total. The van der Waals surface area contributed by atoms with E-state index in [9.17, 15) is 18.0 Å². The number of aryl methyl sites for hydroxylation is 1. The highest BCUT2D eigenvalue weighted by molar-refractivity contribution is 5.63. The first-order valence-corrected chi connectivity index (χ1v) is 9.76. The van der Waals surface area contributed by atoms with Crippen molar-refractivity contribution in [3.63, 3.8) is 0 Å². The monoisotopic (exact) mass is 430 g/mol. The predicted octanol–water partition coefficient (Wildman–Crippen LogP) is 4.63. The standard InChI is InChI=1S/C23H23F3N3O2/c1-17(2)10-14-31-27-11-6-12-28-16-20(22(30)29-13-4-3-9-21(28)29)18-7-5-8-19(15-18)23(24,25)26/h3-5,7-11,13,15-16H,6,12,14H2,1-2H3/q+1/b27-11-. The largest absolute Gasteiger partial charge is 0.416 e. The van der Waals surface area contributed by atoms with E-state index in [2.05, 4.69) is 5.16 Å². The molecule has 31 heavy (non-hydrogen) atoms. The molecular weight excluding hydrogens is 407 g/mol. The van der Waals surface area contributed by atoms with Gasteiger partial charge in [-0.1, -0.05) is 28.9 Å². The third-order valence-electron chi connectivity index (χ3n) is 4.58. The summed E-state index contributed by atoms with van der Waals surface area (Å²) in [5, 5.41) is 3.90. The van der Waals surface area contributed by atoms with Gasteiger partial charge in [0.05, 0.1) is 18.3 Å². The molecule has 162 valence electrons. The fourth-order valence-corrected chi connectivity index (χ4v) is 3.04. The summed E-state index contributed by atoms with van der Waals surface area (Å²) in [7, 11) is 0. The van der Waals surface area contributed by atoms with Crippen LogP contribution in [0, 0.1) is 0 Å². The minimum absolute atomic E-state index is 0.187. The van der Waals surface area contributed by atoms with E-state index in [0.29, 0.717) is 25.2 Å². The molecule has 0 saturated heterocycles. The molecule has 2 heterocycles. The lowest BCUT2D eigenvalue weighted by Crippen LogP contribution is -2.43. The number of aromatic nitrogens is 2. The molecule has 3 aromatic rings. The normalized spacial score (nSPS) is 11.8. The third-order valence-corrected chi connectivity index (χ3v) is 4.58. The Balaban J connectivity index is 1.92. The van der Waals surface area contributed by atoms with Crippen molar-refractivity contribution in [2.45, 2.75) is 33.0 Å². The number of oxime groups is 1. The summed E-state index contributed by atoms with van der Waals surface area (Å²) in [4.78, 5) is 18.1. The first-order chi connectivity index (χ1) is 14.8. The second-order valence-corrected chi connectivity index (χ2v) is 7.20. The Morgan fingerprint density at radius 1 is 1.19 bits per heavy atom. The Hall–Kier alpha value is -3.42. The van der Waals surface area contributed by atoms with Gasteiger partial charge in [0.2, 0.25) is 0 Å². The van der Waals surface area contributed by atoms with Crippen molar-refractivity contribution in [1.82, 2.24) is 4.57 Å². The Morgan fingerprint density at radius 3 is 2.74 bits per heavy atom. The zero-order chi connectivity index (χ0) is 22.4. The molecule has 0 amide bonds. The van der Waals surface area contributed by atoms with E-state index in [1.807, 2.05) is 24.5 Å². The van der Waals surface area contributed by atoms with Gasteiger partial charge >= 0.3 is 11.7 Å². The fourth-order valence-electron chi connectivity index (χ4n) is 3.04. The molecule has 1 aromatic carbocycles. The number of hydrogen-bond donors (Lipinski definition) is 0. The van der Waals surface area contributed by atoms with Crippen LogP contribution >= 0.6 is 0 Å². The van der Waals surface area contributed by atoms with E-state index in [1.165, 1.54) is 16.5 Å². The van der Waals surface area contributed by atoms with Gasteiger partial charge in [0.1, 0.15) is 18.4 Å². The molecule has 0 spiro atoms. The lowest BCUT2D eigenvalue weighted by atomic mass is 10.1. The van der Waals surface area contributed by atoms with Crippen LogP contribution in [-0.4, -0.2) is 17.4 Å². The van der Waals surface area contributed by atoms with Gasteiger partial charge in [-0.25, -0.2) is 9.36 Å². The van der Waals surface area contributed by atoms with E-state index in [4.69, 9.17) is 4.84 Å². The maximum absolute atomic E-state index is 13.1. The van der Waals surface area contributed by atoms with Gasteiger partial charge in [-0.2, -0.15) is 17.6 Å². The molecule has 0 unspecified atom stereocenters. The van der Waals surface area contributed by atoms with Gasteiger partial charge in [-0.15, -0.1) is 0 Å². The van der Waals surface area contributed by atoms with E-state index in [-0.39, 0.29) is 16.7 Å². The molecule has 0 aliphatic carbocycles. The van der Waals surface area contributed by atoms with Crippen LogP contribution in [0.1, 0.15) is 25.8 Å². The van der Waals surface area contributed by atoms with Crippen molar-refractivity contribution in [2.75, 3.05) is 6.61 Å². The molecule has 2 aromatic heterocycles. The summed E-state index contributed by atoms with van der Waals surface area (Å²) in [5.41, 5.74) is 0.980. The number of pyridine rings is 1. The second-order valence-electron chi connectivity index (χ2n) is 7.20. The van der Waals surface area contributed by atoms with Gasteiger partial charge in [0, 0.05) is 18.7 Å². The summed E-state index contributed by atoms with van der Waals surface area (Å²) < 4.78 is 42.7. The third kappa shape index (κ3) is 5.59. The van der Waals surface area contributed by atoms with Crippen molar-refractivity contribution in [2.24, 2.45) is 5.16 Å². The van der Waals surface area contributed by atoms with Crippen molar-refractivity contribution in [1.29, 1.82) is 0 Å². The van der Waals surface area contributed by atoms with Crippen molar-refractivity contribution in [3.8, 4) is 11.1 Å². The highest BCUT2D eigenvalue weighted by atomic mass is 19.4. The maximum Gasteiger partial charge on any atom is 0.416 e. The number of allylic oxidation sites excluding steroid dienone is 1. The Bertz CT molecular complexity index is 1180. The first-order valence-electron chi connectivity index (χ1n) is 9.76.